The van der Waals surface area contributed by atoms with Crippen LogP contribution in [0, 0.1) is 0 Å². The van der Waals surface area contributed by atoms with Gasteiger partial charge >= 0.3 is 0 Å². The van der Waals surface area contributed by atoms with Crippen molar-refractivity contribution in [2.24, 2.45) is 0 Å². The maximum Gasteiger partial charge on any atom is 0.0790 e. The Labute approximate surface area is 106 Å². The first-order valence-electron chi connectivity index (χ1n) is 7.02. The molecule has 1 atom stereocenters. The Balaban J connectivity index is 2.70. The highest BCUT2D eigenvalue weighted by Crippen LogP contribution is 2.23. The topological polar surface area (TPSA) is 20.2 Å². The van der Waals surface area contributed by atoms with Gasteiger partial charge in [-0.3, -0.25) is 0 Å². The van der Waals surface area contributed by atoms with Crippen molar-refractivity contribution >= 4 is 0 Å². The Bertz CT molecular complexity index is 330. The van der Waals surface area contributed by atoms with Crippen molar-refractivity contribution in [2.45, 2.75) is 65.4 Å². The van der Waals surface area contributed by atoms with Crippen LogP contribution in [0.1, 0.15) is 69.2 Å². The summed E-state index contributed by atoms with van der Waals surface area (Å²) in [7, 11) is 0. The first-order chi connectivity index (χ1) is 8.22. The highest BCUT2D eigenvalue weighted by molar-refractivity contribution is 5.33. The van der Waals surface area contributed by atoms with E-state index in [9.17, 15) is 5.11 Å². The van der Waals surface area contributed by atoms with Crippen LogP contribution >= 0.6 is 0 Å². The third kappa shape index (κ3) is 4.16. The van der Waals surface area contributed by atoms with E-state index < -0.39 is 0 Å². The molecule has 0 aromatic heterocycles. The molecule has 0 heterocycles. The zero-order valence-corrected chi connectivity index (χ0v) is 11.5. The minimum absolute atomic E-state index is 0.280. The molecule has 0 aliphatic carbocycles. The van der Waals surface area contributed by atoms with Gasteiger partial charge in [-0.1, -0.05) is 58.2 Å². The molecule has 1 aromatic rings. The van der Waals surface area contributed by atoms with Gasteiger partial charge in [0.1, 0.15) is 0 Å². The summed E-state index contributed by atoms with van der Waals surface area (Å²) >= 11 is 0. The first kappa shape index (κ1) is 14.2. The second-order valence-electron chi connectivity index (χ2n) is 4.75. The Hall–Kier alpha value is -0.820. The smallest absolute Gasteiger partial charge is 0.0790 e. The summed E-state index contributed by atoms with van der Waals surface area (Å²) in [4.78, 5) is 0. The molecule has 0 fully saturated rings. The van der Waals surface area contributed by atoms with E-state index in [1.807, 2.05) is 0 Å². The fourth-order valence-electron chi connectivity index (χ4n) is 2.28. The van der Waals surface area contributed by atoms with Gasteiger partial charge < -0.3 is 5.11 Å². The van der Waals surface area contributed by atoms with Gasteiger partial charge in [-0.15, -0.1) is 0 Å². The number of aryl methyl sites for hydroxylation is 2. The van der Waals surface area contributed by atoms with Crippen LogP contribution in [0.2, 0.25) is 0 Å². The summed E-state index contributed by atoms with van der Waals surface area (Å²) in [5, 5.41) is 10.1. The van der Waals surface area contributed by atoms with Crippen molar-refractivity contribution in [3.8, 4) is 0 Å². The minimum Gasteiger partial charge on any atom is -0.388 e. The van der Waals surface area contributed by atoms with Gasteiger partial charge in [0.15, 0.2) is 0 Å². The van der Waals surface area contributed by atoms with Gasteiger partial charge in [0, 0.05) is 0 Å². The molecule has 1 nitrogen and oxygen atoms in total. The van der Waals surface area contributed by atoms with Crippen molar-refractivity contribution in [3.63, 3.8) is 0 Å². The quantitative estimate of drug-likeness (QED) is 0.692. The summed E-state index contributed by atoms with van der Waals surface area (Å²) in [6.07, 6.45) is 6.29. The Kier molecular flexibility index (Phi) is 6.28. The number of rotatable bonds is 7. The van der Waals surface area contributed by atoms with E-state index in [0.717, 1.165) is 31.2 Å². The van der Waals surface area contributed by atoms with E-state index in [1.165, 1.54) is 24.0 Å². The molecule has 0 aliphatic rings. The SMILES string of the molecule is CCCCCC(O)c1ccc(CC)c(CC)c1. The average molecular weight is 234 g/mol. The largest absolute Gasteiger partial charge is 0.388 e. The van der Waals surface area contributed by atoms with Gasteiger partial charge in [-0.25, -0.2) is 0 Å². The molecular formula is C16H26O. The van der Waals surface area contributed by atoms with Crippen LogP contribution in [0.5, 0.6) is 0 Å². The van der Waals surface area contributed by atoms with Gasteiger partial charge in [-0.2, -0.15) is 0 Å². The van der Waals surface area contributed by atoms with Crippen LogP contribution in [-0.2, 0) is 12.8 Å². The van der Waals surface area contributed by atoms with Gasteiger partial charge in [0.25, 0.3) is 0 Å². The monoisotopic (exact) mass is 234 g/mol. The molecule has 0 spiro atoms. The van der Waals surface area contributed by atoms with Crippen LogP contribution in [0.3, 0.4) is 0 Å². The second-order valence-corrected chi connectivity index (χ2v) is 4.75. The third-order valence-electron chi connectivity index (χ3n) is 3.46. The van der Waals surface area contributed by atoms with E-state index in [-0.39, 0.29) is 6.10 Å². The number of hydrogen-bond acceptors (Lipinski definition) is 1. The van der Waals surface area contributed by atoms with E-state index in [4.69, 9.17) is 0 Å². The number of hydrogen-bond donors (Lipinski definition) is 1. The molecule has 96 valence electrons. The Morgan fingerprint density at radius 1 is 1.00 bits per heavy atom. The molecule has 1 unspecified atom stereocenters. The van der Waals surface area contributed by atoms with E-state index in [2.05, 4.69) is 39.0 Å². The summed E-state index contributed by atoms with van der Waals surface area (Å²) in [6.45, 7) is 6.56. The summed E-state index contributed by atoms with van der Waals surface area (Å²) in [5.41, 5.74) is 3.90. The fraction of sp³-hybridized carbons (Fsp3) is 0.625. The lowest BCUT2D eigenvalue weighted by atomic mass is 9.96. The summed E-state index contributed by atoms with van der Waals surface area (Å²) in [5.74, 6) is 0. The number of aliphatic hydroxyl groups is 1. The molecule has 17 heavy (non-hydrogen) atoms. The second kappa shape index (κ2) is 7.50. The summed E-state index contributed by atoms with van der Waals surface area (Å²) < 4.78 is 0. The molecule has 0 saturated carbocycles. The highest BCUT2D eigenvalue weighted by Gasteiger charge is 2.09. The number of benzene rings is 1. The third-order valence-corrected chi connectivity index (χ3v) is 3.46. The molecule has 1 N–H and O–H groups in total. The minimum atomic E-state index is -0.280. The van der Waals surface area contributed by atoms with Crippen molar-refractivity contribution in [3.05, 3.63) is 34.9 Å². The summed E-state index contributed by atoms with van der Waals surface area (Å²) in [6, 6.07) is 6.46. The Morgan fingerprint density at radius 3 is 2.29 bits per heavy atom. The maximum absolute atomic E-state index is 10.1. The predicted molar refractivity (Wildman–Crippen MR) is 74.3 cm³/mol. The Morgan fingerprint density at radius 2 is 1.71 bits per heavy atom. The van der Waals surface area contributed by atoms with Gasteiger partial charge in [0.05, 0.1) is 6.10 Å². The van der Waals surface area contributed by atoms with Crippen LogP contribution in [-0.4, -0.2) is 5.11 Å². The molecule has 0 saturated heterocycles. The number of aliphatic hydroxyl groups excluding tert-OH is 1. The van der Waals surface area contributed by atoms with Crippen molar-refractivity contribution in [1.29, 1.82) is 0 Å². The van der Waals surface area contributed by atoms with Crippen molar-refractivity contribution < 1.29 is 5.11 Å². The number of unbranched alkanes of at least 4 members (excludes halogenated alkanes) is 2. The molecule has 0 bridgehead atoms. The molecule has 1 aromatic carbocycles. The lowest BCUT2D eigenvalue weighted by molar-refractivity contribution is 0.163. The lowest BCUT2D eigenvalue weighted by Gasteiger charge is -2.14. The van der Waals surface area contributed by atoms with Crippen molar-refractivity contribution in [2.75, 3.05) is 0 Å². The zero-order valence-electron chi connectivity index (χ0n) is 11.5. The van der Waals surface area contributed by atoms with E-state index in [0.29, 0.717) is 0 Å². The van der Waals surface area contributed by atoms with Crippen LogP contribution in [0.15, 0.2) is 18.2 Å². The predicted octanol–water partition coefficient (Wildman–Crippen LogP) is 4.43. The maximum atomic E-state index is 10.1. The van der Waals surface area contributed by atoms with Crippen LogP contribution in [0.25, 0.3) is 0 Å². The molecule has 0 radical (unpaired) electrons. The van der Waals surface area contributed by atoms with E-state index >= 15 is 0 Å². The van der Waals surface area contributed by atoms with Crippen LogP contribution in [0.4, 0.5) is 0 Å². The molecule has 1 heteroatoms. The molecule has 1 rings (SSSR count). The van der Waals surface area contributed by atoms with Crippen molar-refractivity contribution in [1.82, 2.24) is 0 Å². The van der Waals surface area contributed by atoms with E-state index in [1.54, 1.807) is 0 Å². The van der Waals surface area contributed by atoms with Gasteiger partial charge in [-0.05, 0) is 36.0 Å². The molecule has 0 amide bonds. The average Bonchev–Trinajstić information content (AvgIpc) is 2.38. The lowest BCUT2D eigenvalue weighted by Crippen LogP contribution is -2.00. The molecule has 0 aliphatic heterocycles. The normalized spacial score (nSPS) is 12.7. The standard InChI is InChI=1S/C16H26O/c1-4-7-8-9-16(17)15-11-10-13(5-2)14(6-3)12-15/h10-12,16-17H,4-9H2,1-3H3. The van der Waals surface area contributed by atoms with Gasteiger partial charge in [0.2, 0.25) is 0 Å². The fourth-order valence-corrected chi connectivity index (χ4v) is 2.28. The first-order valence-corrected chi connectivity index (χ1v) is 7.02. The highest BCUT2D eigenvalue weighted by atomic mass is 16.3. The molecular weight excluding hydrogens is 208 g/mol. The van der Waals surface area contributed by atoms with Crippen LogP contribution < -0.4 is 0 Å². The zero-order chi connectivity index (χ0) is 12.7.